The Bertz CT molecular complexity index is 1670. The molecular weight excluding hydrogens is 557 g/mol. The molecule has 4 aromatic rings. The zero-order chi connectivity index (χ0) is 29.4. The number of nitrogens with one attached hydrogen (secondary N) is 1. The molecule has 0 unspecified atom stereocenters. The molecule has 1 heterocycles. The van der Waals surface area contributed by atoms with Crippen molar-refractivity contribution in [1.82, 2.24) is 4.57 Å². The highest BCUT2D eigenvalue weighted by molar-refractivity contribution is 7.99. The minimum atomic E-state index is -4.50. The molecule has 5 nitrogen and oxygen atoms in total. The molecule has 1 N–H and O–H groups in total. The Morgan fingerprint density at radius 2 is 1.60 bits per heavy atom. The molecule has 3 aromatic carbocycles. The minimum absolute atomic E-state index is 0.101. The number of hydrogen-bond acceptors (Lipinski definition) is 4. The number of sulfone groups is 1. The standard InChI is InChI=1S/C30H29F3N2O3S2/c1-18(2)39-24-16-21(15-22(17-24)30(31,32)33)26-8-6-7-9-28(26)35-19(3)14-27(20(35)4)29(36)34-23-10-12-25(13-11-23)40(5,37)38/h6-18H,1-5H3,(H,34,36). The average Bonchev–Trinajstić information content (AvgIpc) is 3.16. The Balaban J connectivity index is 1.75. The monoisotopic (exact) mass is 586 g/mol. The van der Waals surface area contributed by atoms with E-state index in [9.17, 15) is 26.4 Å². The van der Waals surface area contributed by atoms with Gasteiger partial charge in [0.15, 0.2) is 9.84 Å². The summed E-state index contributed by atoms with van der Waals surface area (Å²) in [6.45, 7) is 7.46. The quantitative estimate of drug-likeness (QED) is 0.223. The van der Waals surface area contributed by atoms with Gasteiger partial charge >= 0.3 is 6.18 Å². The van der Waals surface area contributed by atoms with Gasteiger partial charge < -0.3 is 9.88 Å². The Morgan fingerprint density at radius 3 is 2.20 bits per heavy atom. The Hall–Kier alpha value is -3.50. The van der Waals surface area contributed by atoms with Crippen LogP contribution in [0.25, 0.3) is 16.8 Å². The first-order valence-corrected chi connectivity index (χ1v) is 15.2. The SMILES string of the molecule is Cc1cc(C(=O)Nc2ccc(S(C)(=O)=O)cc2)c(C)n1-c1ccccc1-c1cc(SC(C)C)cc(C(F)(F)F)c1. The van der Waals surface area contributed by atoms with Crippen LogP contribution in [-0.4, -0.2) is 30.4 Å². The van der Waals surface area contributed by atoms with Gasteiger partial charge in [-0.3, -0.25) is 4.79 Å². The fraction of sp³-hybridized carbons (Fsp3) is 0.233. The van der Waals surface area contributed by atoms with Gasteiger partial charge in [-0.05, 0) is 74.0 Å². The number of carbonyl (C=O) groups excluding carboxylic acids is 1. The lowest BCUT2D eigenvalue weighted by atomic mass is 10.0. The van der Waals surface area contributed by atoms with E-state index in [1.54, 1.807) is 37.3 Å². The van der Waals surface area contributed by atoms with Gasteiger partial charge in [0.25, 0.3) is 5.91 Å². The number of alkyl halides is 3. The largest absolute Gasteiger partial charge is 0.416 e. The molecule has 1 aromatic heterocycles. The molecule has 0 atom stereocenters. The van der Waals surface area contributed by atoms with Gasteiger partial charge in [-0.25, -0.2) is 8.42 Å². The Kier molecular flexibility index (Phi) is 8.23. The number of carbonyl (C=O) groups is 1. The maximum Gasteiger partial charge on any atom is 0.416 e. The highest BCUT2D eigenvalue weighted by Crippen LogP contribution is 2.39. The number of aryl methyl sites for hydroxylation is 1. The lowest BCUT2D eigenvalue weighted by Gasteiger charge is -2.18. The van der Waals surface area contributed by atoms with E-state index in [0.29, 0.717) is 38.7 Å². The highest BCUT2D eigenvalue weighted by atomic mass is 32.2. The summed E-state index contributed by atoms with van der Waals surface area (Å²) in [5, 5.41) is 2.89. The van der Waals surface area contributed by atoms with E-state index in [-0.39, 0.29) is 10.1 Å². The van der Waals surface area contributed by atoms with Crippen LogP contribution in [-0.2, 0) is 16.0 Å². The number of halogens is 3. The van der Waals surface area contributed by atoms with Crippen LogP contribution in [0.2, 0.25) is 0 Å². The summed E-state index contributed by atoms with van der Waals surface area (Å²) in [6.07, 6.45) is -3.39. The Labute approximate surface area is 236 Å². The third kappa shape index (κ3) is 6.45. The first-order chi connectivity index (χ1) is 18.6. The molecule has 4 rings (SSSR count). The second kappa shape index (κ2) is 11.2. The Morgan fingerprint density at radius 1 is 0.950 bits per heavy atom. The van der Waals surface area contributed by atoms with Gasteiger partial charge in [0.2, 0.25) is 0 Å². The molecule has 0 aliphatic carbocycles. The van der Waals surface area contributed by atoms with Gasteiger partial charge in [0, 0.05) is 39.0 Å². The topological polar surface area (TPSA) is 68.2 Å². The van der Waals surface area contributed by atoms with Crippen LogP contribution in [0, 0.1) is 13.8 Å². The molecule has 40 heavy (non-hydrogen) atoms. The molecular formula is C30H29F3N2O3S2. The normalized spacial score (nSPS) is 12.1. The van der Waals surface area contributed by atoms with Crippen molar-refractivity contribution in [3.63, 3.8) is 0 Å². The van der Waals surface area contributed by atoms with Crippen LogP contribution in [0.1, 0.15) is 41.2 Å². The van der Waals surface area contributed by atoms with Crippen molar-refractivity contribution < 1.29 is 26.4 Å². The van der Waals surface area contributed by atoms with Crippen LogP contribution in [0.3, 0.4) is 0 Å². The van der Waals surface area contributed by atoms with Crippen molar-refractivity contribution >= 4 is 33.2 Å². The third-order valence-corrected chi connectivity index (χ3v) is 8.39. The van der Waals surface area contributed by atoms with Crippen molar-refractivity contribution in [2.75, 3.05) is 11.6 Å². The van der Waals surface area contributed by atoms with Gasteiger partial charge in [-0.15, -0.1) is 11.8 Å². The van der Waals surface area contributed by atoms with E-state index < -0.39 is 27.5 Å². The van der Waals surface area contributed by atoms with Crippen LogP contribution in [0.15, 0.2) is 82.6 Å². The first-order valence-electron chi connectivity index (χ1n) is 12.4. The molecule has 0 fully saturated rings. The number of thioether (sulfide) groups is 1. The summed E-state index contributed by atoms with van der Waals surface area (Å²) >= 11 is 1.36. The van der Waals surface area contributed by atoms with E-state index in [0.717, 1.165) is 18.0 Å². The molecule has 0 bridgehead atoms. The number of hydrogen-bond donors (Lipinski definition) is 1. The van der Waals surface area contributed by atoms with Crippen molar-refractivity contribution in [2.45, 2.75) is 48.9 Å². The number of aromatic nitrogens is 1. The number of anilines is 1. The molecule has 0 saturated carbocycles. The smallest absolute Gasteiger partial charge is 0.322 e. The van der Waals surface area contributed by atoms with Crippen LogP contribution in [0.5, 0.6) is 0 Å². The molecule has 0 radical (unpaired) electrons. The minimum Gasteiger partial charge on any atom is -0.322 e. The van der Waals surface area contributed by atoms with Gasteiger partial charge in [-0.2, -0.15) is 13.2 Å². The molecule has 0 spiro atoms. The summed E-state index contributed by atoms with van der Waals surface area (Å²) < 4.78 is 66.7. The zero-order valence-corrected chi connectivity index (χ0v) is 24.3. The second-order valence-electron chi connectivity index (χ2n) is 9.80. The second-order valence-corrected chi connectivity index (χ2v) is 13.5. The fourth-order valence-corrected chi connectivity index (χ4v) is 6.08. The number of para-hydroxylation sites is 1. The summed E-state index contributed by atoms with van der Waals surface area (Å²) in [4.78, 5) is 13.9. The molecule has 10 heteroatoms. The summed E-state index contributed by atoms with van der Waals surface area (Å²) in [6, 6.07) is 18.9. The fourth-order valence-electron chi connectivity index (χ4n) is 4.52. The maximum absolute atomic E-state index is 13.8. The molecule has 1 amide bonds. The van der Waals surface area contributed by atoms with Crippen molar-refractivity contribution in [3.8, 4) is 16.8 Å². The predicted molar refractivity (Wildman–Crippen MR) is 154 cm³/mol. The number of amides is 1. The van der Waals surface area contributed by atoms with Gasteiger partial charge in [-0.1, -0.05) is 32.0 Å². The van der Waals surface area contributed by atoms with Crippen LogP contribution >= 0.6 is 11.8 Å². The summed E-state index contributed by atoms with van der Waals surface area (Å²) in [7, 11) is -3.37. The van der Waals surface area contributed by atoms with Crippen LogP contribution in [0.4, 0.5) is 18.9 Å². The van der Waals surface area contributed by atoms with E-state index in [2.05, 4.69) is 5.32 Å². The van der Waals surface area contributed by atoms with E-state index >= 15 is 0 Å². The van der Waals surface area contributed by atoms with Gasteiger partial charge in [0.1, 0.15) is 0 Å². The molecule has 0 aliphatic rings. The molecule has 0 saturated heterocycles. The highest BCUT2D eigenvalue weighted by Gasteiger charge is 2.32. The maximum atomic E-state index is 13.8. The number of nitrogens with zero attached hydrogens (tertiary/aromatic N) is 1. The number of benzene rings is 3. The van der Waals surface area contributed by atoms with Crippen molar-refractivity contribution in [3.05, 3.63) is 95.3 Å². The summed E-state index contributed by atoms with van der Waals surface area (Å²) in [5.41, 5.74) is 3.12. The lowest BCUT2D eigenvalue weighted by Crippen LogP contribution is -2.13. The van der Waals surface area contributed by atoms with Gasteiger partial charge in [0.05, 0.1) is 21.7 Å². The third-order valence-electron chi connectivity index (χ3n) is 6.28. The molecule has 0 aliphatic heterocycles. The number of rotatable bonds is 7. The predicted octanol–water partition coefficient (Wildman–Crippen LogP) is 7.94. The van der Waals surface area contributed by atoms with E-state index in [1.165, 1.54) is 42.1 Å². The molecule has 210 valence electrons. The average molecular weight is 587 g/mol. The van der Waals surface area contributed by atoms with Crippen molar-refractivity contribution in [2.24, 2.45) is 0 Å². The zero-order valence-electron chi connectivity index (χ0n) is 22.6. The van der Waals surface area contributed by atoms with Crippen molar-refractivity contribution in [1.29, 1.82) is 0 Å². The van der Waals surface area contributed by atoms with E-state index in [4.69, 9.17) is 0 Å². The van der Waals surface area contributed by atoms with E-state index in [1.807, 2.05) is 31.4 Å². The lowest BCUT2D eigenvalue weighted by molar-refractivity contribution is -0.137. The first kappa shape index (κ1) is 29.5. The summed E-state index contributed by atoms with van der Waals surface area (Å²) in [5.74, 6) is -0.390. The van der Waals surface area contributed by atoms with Crippen LogP contribution < -0.4 is 5.32 Å².